The molecule has 1 fully saturated rings. The lowest BCUT2D eigenvalue weighted by Gasteiger charge is -2.15. The quantitative estimate of drug-likeness (QED) is 0.797. The number of carbonyl (C=O) groups is 1. The summed E-state index contributed by atoms with van der Waals surface area (Å²) in [7, 11) is 0. The lowest BCUT2D eigenvalue weighted by Crippen LogP contribution is -2.43. The number of amides is 1. The molecule has 7 nitrogen and oxygen atoms in total. The smallest absolute Gasteiger partial charge is 0.331 e. The molecule has 1 aliphatic rings. The van der Waals surface area contributed by atoms with E-state index >= 15 is 0 Å². The van der Waals surface area contributed by atoms with E-state index in [0.717, 1.165) is 25.9 Å². The molecule has 0 aliphatic carbocycles. The molecule has 1 saturated heterocycles. The van der Waals surface area contributed by atoms with Gasteiger partial charge in [-0.3, -0.25) is 18.7 Å². The molecule has 0 unspecified atom stereocenters. The van der Waals surface area contributed by atoms with Crippen molar-refractivity contribution in [3.63, 3.8) is 0 Å². The molecule has 0 bridgehead atoms. The van der Waals surface area contributed by atoms with Crippen LogP contribution in [0, 0.1) is 5.92 Å². The van der Waals surface area contributed by atoms with Crippen LogP contribution in [0.3, 0.4) is 0 Å². The predicted octanol–water partition coefficient (Wildman–Crippen LogP) is 1.50. The Morgan fingerprint density at radius 1 is 1.26 bits per heavy atom. The molecule has 1 amide bonds. The second-order valence-electron chi connectivity index (χ2n) is 7.46. The molecule has 146 valence electrons. The molecule has 27 heavy (non-hydrogen) atoms. The van der Waals surface area contributed by atoms with E-state index in [1.807, 2.05) is 13.8 Å². The zero-order valence-electron chi connectivity index (χ0n) is 15.9. The average molecular weight is 373 g/mol. The Kier molecular flexibility index (Phi) is 6.11. The van der Waals surface area contributed by atoms with Crippen LogP contribution in [0.5, 0.6) is 0 Å². The number of para-hydroxylation sites is 1. The van der Waals surface area contributed by atoms with E-state index in [0.29, 0.717) is 29.9 Å². The number of nitrogens with one attached hydrogen (secondary N) is 1. The summed E-state index contributed by atoms with van der Waals surface area (Å²) in [4.78, 5) is 38.1. The highest BCUT2D eigenvalue weighted by molar-refractivity contribution is 5.81. The van der Waals surface area contributed by atoms with Gasteiger partial charge in [-0.1, -0.05) is 26.0 Å². The number of benzene rings is 1. The van der Waals surface area contributed by atoms with Gasteiger partial charge >= 0.3 is 5.69 Å². The van der Waals surface area contributed by atoms with Gasteiger partial charge in [-0.2, -0.15) is 0 Å². The predicted molar refractivity (Wildman–Crippen MR) is 104 cm³/mol. The van der Waals surface area contributed by atoms with Gasteiger partial charge in [0.25, 0.3) is 5.56 Å². The van der Waals surface area contributed by atoms with Crippen LogP contribution in [0.4, 0.5) is 0 Å². The molecular formula is C20H27N3O4. The van der Waals surface area contributed by atoms with Gasteiger partial charge in [0.2, 0.25) is 5.91 Å². The Hall–Kier alpha value is -2.41. The fourth-order valence-corrected chi connectivity index (χ4v) is 3.34. The number of fused-ring (bicyclic) bond motifs is 1. The standard InChI is InChI=1S/C20H27N3O4/c1-14(2)9-10-22-19(25)16-7-3-4-8-17(16)23(20(22)26)13-18(24)21-12-15-6-5-11-27-15/h3-4,7-8,14-15H,5-6,9-13H2,1-2H3,(H,21,24)/t15-/m1/s1. The van der Waals surface area contributed by atoms with Crippen molar-refractivity contribution >= 4 is 16.8 Å². The summed E-state index contributed by atoms with van der Waals surface area (Å²) in [6.07, 6.45) is 2.70. The van der Waals surface area contributed by atoms with E-state index in [-0.39, 0.29) is 24.1 Å². The van der Waals surface area contributed by atoms with Crippen molar-refractivity contribution < 1.29 is 9.53 Å². The average Bonchev–Trinajstić information content (AvgIpc) is 3.17. The molecule has 1 aliphatic heterocycles. The molecule has 0 spiro atoms. The van der Waals surface area contributed by atoms with Gasteiger partial charge < -0.3 is 10.1 Å². The summed E-state index contributed by atoms with van der Waals surface area (Å²) < 4.78 is 8.14. The first-order valence-electron chi connectivity index (χ1n) is 9.58. The Morgan fingerprint density at radius 2 is 2.04 bits per heavy atom. The maximum absolute atomic E-state index is 12.9. The molecule has 2 heterocycles. The molecule has 2 aromatic rings. The molecule has 0 saturated carbocycles. The summed E-state index contributed by atoms with van der Waals surface area (Å²) >= 11 is 0. The van der Waals surface area contributed by atoms with E-state index < -0.39 is 5.69 Å². The minimum absolute atomic E-state index is 0.0439. The number of aromatic nitrogens is 2. The lowest BCUT2D eigenvalue weighted by atomic mass is 10.1. The molecule has 1 N–H and O–H groups in total. The van der Waals surface area contributed by atoms with Crippen molar-refractivity contribution in [3.05, 3.63) is 45.1 Å². The van der Waals surface area contributed by atoms with Crippen molar-refractivity contribution in [2.45, 2.75) is 52.3 Å². The Labute approximate surface area is 157 Å². The monoisotopic (exact) mass is 373 g/mol. The summed E-state index contributed by atoms with van der Waals surface area (Å²) in [5, 5.41) is 3.29. The van der Waals surface area contributed by atoms with Gasteiger partial charge in [-0.25, -0.2) is 4.79 Å². The van der Waals surface area contributed by atoms with Gasteiger partial charge in [-0.15, -0.1) is 0 Å². The summed E-state index contributed by atoms with van der Waals surface area (Å²) in [5.74, 6) is 0.109. The third-order valence-electron chi connectivity index (χ3n) is 4.91. The maximum Gasteiger partial charge on any atom is 0.331 e. The number of hydrogen-bond donors (Lipinski definition) is 1. The molecule has 1 aromatic carbocycles. The van der Waals surface area contributed by atoms with Crippen LogP contribution >= 0.6 is 0 Å². The number of hydrogen-bond acceptors (Lipinski definition) is 4. The number of nitrogens with zero attached hydrogens (tertiary/aromatic N) is 2. The second kappa shape index (κ2) is 8.52. The minimum atomic E-state index is -0.438. The summed E-state index contributed by atoms with van der Waals surface area (Å²) in [6.45, 7) is 5.49. The highest BCUT2D eigenvalue weighted by Gasteiger charge is 2.18. The van der Waals surface area contributed by atoms with Gasteiger partial charge in [0.1, 0.15) is 6.54 Å². The third kappa shape index (κ3) is 4.47. The molecule has 3 rings (SSSR count). The van der Waals surface area contributed by atoms with E-state index in [1.165, 1.54) is 9.13 Å². The van der Waals surface area contributed by atoms with E-state index in [4.69, 9.17) is 4.74 Å². The fraction of sp³-hybridized carbons (Fsp3) is 0.550. The largest absolute Gasteiger partial charge is 0.376 e. The Bertz CT molecular complexity index is 923. The minimum Gasteiger partial charge on any atom is -0.376 e. The van der Waals surface area contributed by atoms with Crippen molar-refractivity contribution in [2.24, 2.45) is 5.92 Å². The number of rotatable bonds is 7. The van der Waals surface area contributed by atoms with Crippen LogP contribution in [0.25, 0.3) is 10.9 Å². The van der Waals surface area contributed by atoms with E-state index in [1.54, 1.807) is 24.3 Å². The SMILES string of the molecule is CC(C)CCn1c(=O)c2ccccc2n(CC(=O)NC[C@H]2CCCO2)c1=O. The first-order chi connectivity index (χ1) is 13.0. The second-order valence-corrected chi connectivity index (χ2v) is 7.46. The van der Waals surface area contributed by atoms with Crippen LogP contribution in [0.1, 0.15) is 33.1 Å². The van der Waals surface area contributed by atoms with Crippen molar-refractivity contribution in [3.8, 4) is 0 Å². The topological polar surface area (TPSA) is 82.3 Å². The zero-order chi connectivity index (χ0) is 19.4. The van der Waals surface area contributed by atoms with Gasteiger partial charge in [0, 0.05) is 19.7 Å². The number of carbonyl (C=O) groups excluding carboxylic acids is 1. The van der Waals surface area contributed by atoms with E-state index in [2.05, 4.69) is 5.32 Å². The molecule has 1 atom stereocenters. The summed E-state index contributed by atoms with van der Waals surface area (Å²) in [5.41, 5.74) is -0.251. The molecular weight excluding hydrogens is 346 g/mol. The van der Waals surface area contributed by atoms with Crippen molar-refractivity contribution in [2.75, 3.05) is 13.2 Å². The first-order valence-corrected chi connectivity index (χ1v) is 9.58. The number of ether oxygens (including phenoxy) is 1. The fourth-order valence-electron chi connectivity index (χ4n) is 3.34. The van der Waals surface area contributed by atoms with E-state index in [9.17, 15) is 14.4 Å². The van der Waals surface area contributed by atoms with Crippen molar-refractivity contribution in [1.82, 2.24) is 14.5 Å². The summed E-state index contributed by atoms with van der Waals surface area (Å²) in [6, 6.07) is 6.94. The molecule has 0 radical (unpaired) electrons. The van der Waals surface area contributed by atoms with Crippen LogP contribution in [0.15, 0.2) is 33.9 Å². The highest BCUT2D eigenvalue weighted by atomic mass is 16.5. The molecule has 7 heteroatoms. The maximum atomic E-state index is 12.9. The normalized spacial score (nSPS) is 16.9. The van der Waals surface area contributed by atoms with Crippen LogP contribution in [-0.4, -0.2) is 34.3 Å². The molecule has 1 aromatic heterocycles. The highest BCUT2D eigenvalue weighted by Crippen LogP contribution is 2.11. The lowest BCUT2D eigenvalue weighted by molar-refractivity contribution is -0.122. The van der Waals surface area contributed by atoms with Gasteiger partial charge in [0.15, 0.2) is 0 Å². The Balaban J connectivity index is 1.89. The van der Waals surface area contributed by atoms with Crippen LogP contribution in [0.2, 0.25) is 0 Å². The zero-order valence-corrected chi connectivity index (χ0v) is 15.9. The third-order valence-corrected chi connectivity index (χ3v) is 4.91. The Morgan fingerprint density at radius 3 is 2.74 bits per heavy atom. The first kappa shape index (κ1) is 19.4. The van der Waals surface area contributed by atoms with Crippen molar-refractivity contribution in [1.29, 1.82) is 0 Å². The van der Waals surface area contributed by atoms with Gasteiger partial charge in [0.05, 0.1) is 17.0 Å². The van der Waals surface area contributed by atoms with Crippen LogP contribution in [-0.2, 0) is 22.6 Å². The van der Waals surface area contributed by atoms with Gasteiger partial charge in [-0.05, 0) is 37.3 Å². The van der Waals surface area contributed by atoms with Crippen LogP contribution < -0.4 is 16.6 Å².